The standard InChI is InChI=1S/C18H18N8/c1-26-9-12(8-21-26)22-18-24-16-15(19-10-20-16)17(25-18)23-14-7-6-11-4-2-3-5-13(11)14/h2-5,8-10,14H,6-7H2,1H3,(H3,19,20,22,23,24,25)/t14-/m0/s1. The largest absolute Gasteiger partial charge is 0.361 e. The van der Waals surface area contributed by atoms with Crippen LogP contribution in [0.25, 0.3) is 11.2 Å². The summed E-state index contributed by atoms with van der Waals surface area (Å²) in [6, 6.07) is 8.77. The maximum absolute atomic E-state index is 4.66. The first kappa shape index (κ1) is 14.9. The summed E-state index contributed by atoms with van der Waals surface area (Å²) in [4.78, 5) is 16.6. The van der Waals surface area contributed by atoms with Gasteiger partial charge in [-0.25, -0.2) is 4.98 Å². The Kier molecular flexibility index (Phi) is 3.34. The molecule has 0 saturated heterocycles. The fraction of sp³-hybridized carbons (Fsp3) is 0.222. The van der Waals surface area contributed by atoms with E-state index in [2.05, 4.69) is 59.9 Å². The molecule has 26 heavy (non-hydrogen) atoms. The van der Waals surface area contributed by atoms with E-state index in [0.29, 0.717) is 11.6 Å². The number of nitrogens with one attached hydrogen (secondary N) is 3. The highest BCUT2D eigenvalue weighted by Crippen LogP contribution is 2.34. The summed E-state index contributed by atoms with van der Waals surface area (Å²) in [5, 5.41) is 10.9. The molecule has 0 fully saturated rings. The van der Waals surface area contributed by atoms with Gasteiger partial charge in [0.05, 0.1) is 24.3 Å². The van der Waals surface area contributed by atoms with Crippen molar-refractivity contribution >= 4 is 28.6 Å². The predicted octanol–water partition coefficient (Wildman–Crippen LogP) is 2.93. The van der Waals surface area contributed by atoms with E-state index < -0.39 is 0 Å². The van der Waals surface area contributed by atoms with Crippen molar-refractivity contribution < 1.29 is 0 Å². The lowest BCUT2D eigenvalue weighted by Crippen LogP contribution is -2.10. The van der Waals surface area contributed by atoms with Crippen molar-refractivity contribution in [2.75, 3.05) is 10.6 Å². The van der Waals surface area contributed by atoms with Crippen molar-refractivity contribution in [2.24, 2.45) is 7.05 Å². The maximum Gasteiger partial charge on any atom is 0.231 e. The highest BCUT2D eigenvalue weighted by Gasteiger charge is 2.23. The van der Waals surface area contributed by atoms with Crippen LogP contribution in [0.15, 0.2) is 43.0 Å². The van der Waals surface area contributed by atoms with Crippen LogP contribution in [0, 0.1) is 0 Å². The number of anilines is 3. The van der Waals surface area contributed by atoms with Gasteiger partial charge in [0.15, 0.2) is 11.5 Å². The summed E-state index contributed by atoms with van der Waals surface area (Å²) in [6.07, 6.45) is 7.37. The van der Waals surface area contributed by atoms with Crippen LogP contribution >= 0.6 is 0 Å². The Morgan fingerprint density at radius 1 is 1.23 bits per heavy atom. The number of fused-ring (bicyclic) bond motifs is 2. The summed E-state index contributed by atoms with van der Waals surface area (Å²) < 4.78 is 1.73. The quantitative estimate of drug-likeness (QED) is 0.526. The molecule has 0 bridgehead atoms. The Balaban J connectivity index is 1.50. The van der Waals surface area contributed by atoms with E-state index in [1.807, 2.05) is 13.2 Å². The number of hydrogen-bond acceptors (Lipinski definition) is 6. The Labute approximate surface area is 149 Å². The van der Waals surface area contributed by atoms with Crippen molar-refractivity contribution in [1.82, 2.24) is 29.7 Å². The molecule has 8 nitrogen and oxygen atoms in total. The Bertz CT molecular complexity index is 1080. The fourth-order valence-electron chi connectivity index (χ4n) is 3.48. The van der Waals surface area contributed by atoms with Crippen molar-refractivity contribution in [2.45, 2.75) is 18.9 Å². The van der Waals surface area contributed by atoms with Crippen LogP contribution in [0.1, 0.15) is 23.6 Å². The third-order valence-electron chi connectivity index (χ3n) is 4.68. The number of aryl methyl sites for hydroxylation is 2. The van der Waals surface area contributed by atoms with E-state index in [-0.39, 0.29) is 6.04 Å². The normalized spacial score (nSPS) is 16.0. The van der Waals surface area contributed by atoms with Gasteiger partial charge in [-0.05, 0) is 24.0 Å². The summed E-state index contributed by atoms with van der Waals surface area (Å²) in [7, 11) is 1.87. The number of benzene rings is 1. The molecule has 0 spiro atoms. The Morgan fingerprint density at radius 3 is 3.04 bits per heavy atom. The summed E-state index contributed by atoms with van der Waals surface area (Å²) in [6.45, 7) is 0. The minimum absolute atomic E-state index is 0.229. The molecule has 8 heteroatoms. The van der Waals surface area contributed by atoms with Gasteiger partial charge in [0, 0.05) is 13.2 Å². The zero-order chi connectivity index (χ0) is 17.5. The van der Waals surface area contributed by atoms with E-state index >= 15 is 0 Å². The second-order valence-corrected chi connectivity index (χ2v) is 6.46. The monoisotopic (exact) mass is 346 g/mol. The zero-order valence-electron chi connectivity index (χ0n) is 14.3. The number of rotatable bonds is 4. The van der Waals surface area contributed by atoms with Gasteiger partial charge in [-0.1, -0.05) is 24.3 Å². The molecule has 0 radical (unpaired) electrons. The van der Waals surface area contributed by atoms with E-state index in [1.165, 1.54) is 11.1 Å². The lowest BCUT2D eigenvalue weighted by atomic mass is 10.1. The topological polar surface area (TPSA) is 96.3 Å². The molecule has 0 aliphatic heterocycles. The minimum Gasteiger partial charge on any atom is -0.361 e. The molecule has 0 saturated carbocycles. The molecule has 3 N–H and O–H groups in total. The third-order valence-corrected chi connectivity index (χ3v) is 4.68. The summed E-state index contributed by atoms with van der Waals surface area (Å²) in [5.74, 6) is 1.23. The number of H-pyrrole nitrogens is 1. The molecule has 0 unspecified atom stereocenters. The molecule has 5 rings (SSSR count). The first-order valence-corrected chi connectivity index (χ1v) is 8.57. The van der Waals surface area contributed by atoms with Crippen LogP contribution in [0.5, 0.6) is 0 Å². The van der Waals surface area contributed by atoms with Crippen LogP contribution in [0.2, 0.25) is 0 Å². The van der Waals surface area contributed by atoms with Gasteiger partial charge in [0.25, 0.3) is 0 Å². The Hall–Kier alpha value is -3.42. The maximum atomic E-state index is 4.66. The van der Waals surface area contributed by atoms with Crippen LogP contribution in [-0.4, -0.2) is 29.7 Å². The van der Waals surface area contributed by atoms with Crippen LogP contribution in [-0.2, 0) is 13.5 Å². The van der Waals surface area contributed by atoms with Crippen molar-refractivity contribution in [1.29, 1.82) is 0 Å². The van der Waals surface area contributed by atoms with Crippen molar-refractivity contribution in [3.63, 3.8) is 0 Å². The highest BCUT2D eigenvalue weighted by atomic mass is 15.3. The average Bonchev–Trinajstić information content (AvgIpc) is 3.36. The molecule has 4 aromatic rings. The molecular formula is C18H18N8. The van der Waals surface area contributed by atoms with Gasteiger partial charge in [0.2, 0.25) is 5.95 Å². The predicted molar refractivity (Wildman–Crippen MR) is 99.3 cm³/mol. The van der Waals surface area contributed by atoms with E-state index in [1.54, 1.807) is 17.2 Å². The van der Waals surface area contributed by atoms with Crippen LogP contribution < -0.4 is 10.6 Å². The lowest BCUT2D eigenvalue weighted by Gasteiger charge is -2.15. The van der Waals surface area contributed by atoms with Crippen molar-refractivity contribution in [3.05, 3.63) is 54.1 Å². The summed E-state index contributed by atoms with van der Waals surface area (Å²) >= 11 is 0. The first-order chi connectivity index (χ1) is 12.8. The van der Waals surface area contributed by atoms with Gasteiger partial charge in [-0.15, -0.1) is 0 Å². The third kappa shape index (κ3) is 2.55. The van der Waals surface area contributed by atoms with E-state index in [4.69, 9.17) is 0 Å². The van der Waals surface area contributed by atoms with E-state index in [0.717, 1.165) is 29.9 Å². The molecule has 130 valence electrons. The van der Waals surface area contributed by atoms with Gasteiger partial charge in [-0.3, -0.25) is 4.68 Å². The van der Waals surface area contributed by atoms with Crippen LogP contribution in [0.4, 0.5) is 17.5 Å². The summed E-state index contributed by atoms with van der Waals surface area (Å²) in [5.41, 5.74) is 5.00. The minimum atomic E-state index is 0.229. The SMILES string of the molecule is Cn1cc(Nc2nc(N[C@H]3CCc4ccccc43)c3nc[nH]c3n2)cn1. The first-order valence-electron chi connectivity index (χ1n) is 8.57. The number of aromatic nitrogens is 6. The molecule has 1 atom stereocenters. The molecule has 3 heterocycles. The second-order valence-electron chi connectivity index (χ2n) is 6.46. The highest BCUT2D eigenvalue weighted by molar-refractivity contribution is 5.84. The zero-order valence-corrected chi connectivity index (χ0v) is 14.3. The Morgan fingerprint density at radius 2 is 2.15 bits per heavy atom. The lowest BCUT2D eigenvalue weighted by molar-refractivity contribution is 0.758. The van der Waals surface area contributed by atoms with E-state index in [9.17, 15) is 0 Å². The second kappa shape index (κ2) is 5.83. The van der Waals surface area contributed by atoms with Crippen molar-refractivity contribution in [3.8, 4) is 0 Å². The van der Waals surface area contributed by atoms with Gasteiger partial charge < -0.3 is 15.6 Å². The molecular weight excluding hydrogens is 328 g/mol. The molecule has 1 aromatic carbocycles. The molecule has 1 aliphatic rings. The van der Waals surface area contributed by atoms with Gasteiger partial charge >= 0.3 is 0 Å². The van der Waals surface area contributed by atoms with Gasteiger partial charge in [-0.2, -0.15) is 15.1 Å². The fourth-order valence-corrected chi connectivity index (χ4v) is 3.48. The number of imidazole rings is 1. The smallest absolute Gasteiger partial charge is 0.231 e. The van der Waals surface area contributed by atoms with Crippen LogP contribution in [0.3, 0.4) is 0 Å². The number of hydrogen-bond donors (Lipinski definition) is 3. The molecule has 1 aliphatic carbocycles. The van der Waals surface area contributed by atoms with Gasteiger partial charge in [0.1, 0.15) is 5.52 Å². The number of aromatic amines is 1. The molecule has 3 aromatic heterocycles. The molecule has 0 amide bonds. The average molecular weight is 346 g/mol. The number of nitrogens with zero attached hydrogens (tertiary/aromatic N) is 5.